The summed E-state index contributed by atoms with van der Waals surface area (Å²) in [6.07, 6.45) is 0.997. The number of hydrogen-bond acceptors (Lipinski definition) is 3. The van der Waals surface area contributed by atoms with E-state index < -0.39 is 5.97 Å². The lowest BCUT2D eigenvalue weighted by Gasteiger charge is -2.15. The molecule has 1 aliphatic rings. The number of benzene rings is 2. The Balaban J connectivity index is 1.91. The second-order valence-corrected chi connectivity index (χ2v) is 5.89. The molecule has 1 heterocycles. The second-order valence-electron chi connectivity index (χ2n) is 5.51. The van der Waals surface area contributed by atoms with Gasteiger partial charge in [0, 0.05) is 23.7 Å². The third kappa shape index (κ3) is 3.49. The van der Waals surface area contributed by atoms with Crippen LogP contribution < -0.4 is 4.74 Å². The minimum absolute atomic E-state index is 0.0863. The highest BCUT2D eigenvalue weighted by Gasteiger charge is 2.19. The van der Waals surface area contributed by atoms with Gasteiger partial charge in [0.15, 0.2) is 0 Å². The Morgan fingerprint density at radius 3 is 2.74 bits per heavy atom. The highest BCUT2D eigenvalue weighted by atomic mass is 35.5. The third-order valence-electron chi connectivity index (χ3n) is 3.90. The van der Waals surface area contributed by atoms with Gasteiger partial charge in [-0.05, 0) is 18.6 Å². The number of ether oxygens (including phenoxy) is 2. The first-order chi connectivity index (χ1) is 11.2. The van der Waals surface area contributed by atoms with Crippen LogP contribution in [-0.4, -0.2) is 30.9 Å². The van der Waals surface area contributed by atoms with Crippen molar-refractivity contribution in [1.29, 1.82) is 0 Å². The zero-order chi connectivity index (χ0) is 16.2. The Morgan fingerprint density at radius 1 is 1.22 bits per heavy atom. The van der Waals surface area contributed by atoms with E-state index in [1.165, 1.54) is 6.07 Å². The van der Waals surface area contributed by atoms with Crippen LogP contribution in [0.1, 0.15) is 16.8 Å². The van der Waals surface area contributed by atoms with Crippen LogP contribution >= 0.6 is 11.6 Å². The Morgan fingerprint density at radius 2 is 2.00 bits per heavy atom. The van der Waals surface area contributed by atoms with Crippen LogP contribution in [0, 0.1) is 5.92 Å². The average Bonchev–Trinajstić information content (AvgIpc) is 3.07. The molecule has 1 saturated heterocycles. The van der Waals surface area contributed by atoms with Crippen molar-refractivity contribution in [3.63, 3.8) is 0 Å². The minimum atomic E-state index is -1.04. The van der Waals surface area contributed by atoms with Gasteiger partial charge in [-0.25, -0.2) is 4.79 Å². The fraction of sp³-hybridized carbons (Fsp3) is 0.278. The van der Waals surface area contributed by atoms with E-state index in [4.69, 9.17) is 21.1 Å². The van der Waals surface area contributed by atoms with Crippen molar-refractivity contribution >= 4 is 17.6 Å². The van der Waals surface area contributed by atoms with Crippen LogP contribution in [0.5, 0.6) is 5.75 Å². The SMILES string of the molecule is O=C(O)c1cccc(-c2ccccc2OCC2CCOC2)c1Cl. The first-order valence-electron chi connectivity index (χ1n) is 7.48. The molecule has 2 aromatic rings. The van der Waals surface area contributed by atoms with Gasteiger partial charge in [-0.1, -0.05) is 41.9 Å². The molecular formula is C18H17ClO4. The van der Waals surface area contributed by atoms with E-state index >= 15 is 0 Å². The van der Waals surface area contributed by atoms with E-state index in [1.54, 1.807) is 12.1 Å². The predicted molar refractivity (Wildman–Crippen MR) is 88.3 cm³/mol. The predicted octanol–water partition coefficient (Wildman–Crippen LogP) is 4.12. The molecule has 1 fully saturated rings. The molecule has 0 bridgehead atoms. The van der Waals surface area contributed by atoms with Crippen LogP contribution in [0.4, 0.5) is 0 Å². The lowest BCUT2D eigenvalue weighted by molar-refractivity contribution is 0.0697. The first kappa shape index (κ1) is 15.8. The molecule has 0 radical (unpaired) electrons. The van der Waals surface area contributed by atoms with Crippen LogP contribution in [0.15, 0.2) is 42.5 Å². The molecule has 0 saturated carbocycles. The molecule has 0 amide bonds. The van der Waals surface area contributed by atoms with Gasteiger partial charge in [-0.3, -0.25) is 0 Å². The molecule has 1 atom stereocenters. The van der Waals surface area contributed by atoms with E-state index in [2.05, 4.69) is 0 Å². The number of para-hydroxylation sites is 1. The monoisotopic (exact) mass is 332 g/mol. The molecule has 0 aromatic heterocycles. The van der Waals surface area contributed by atoms with Gasteiger partial charge in [0.1, 0.15) is 5.75 Å². The molecular weight excluding hydrogens is 316 g/mol. The van der Waals surface area contributed by atoms with Crippen LogP contribution in [-0.2, 0) is 4.74 Å². The third-order valence-corrected chi connectivity index (χ3v) is 4.31. The molecule has 0 aliphatic carbocycles. The fourth-order valence-corrected chi connectivity index (χ4v) is 2.95. The molecule has 1 N–H and O–H groups in total. The number of carboxylic acids is 1. The quantitative estimate of drug-likeness (QED) is 0.894. The van der Waals surface area contributed by atoms with Gasteiger partial charge in [-0.15, -0.1) is 0 Å². The van der Waals surface area contributed by atoms with Crippen molar-refractivity contribution < 1.29 is 19.4 Å². The number of carbonyl (C=O) groups is 1. The summed E-state index contributed by atoms with van der Waals surface area (Å²) in [6, 6.07) is 12.5. The molecule has 1 aliphatic heterocycles. The Hall–Kier alpha value is -2.04. The van der Waals surface area contributed by atoms with Gasteiger partial charge in [0.2, 0.25) is 0 Å². The minimum Gasteiger partial charge on any atom is -0.493 e. The standard InChI is InChI=1S/C18H17ClO4/c19-17-14(5-3-6-15(17)18(20)21)13-4-1-2-7-16(13)23-11-12-8-9-22-10-12/h1-7,12H,8-11H2,(H,20,21). The summed E-state index contributed by atoms with van der Waals surface area (Å²) in [5.74, 6) is 0.0473. The number of aromatic carboxylic acids is 1. The zero-order valence-electron chi connectivity index (χ0n) is 12.5. The summed E-state index contributed by atoms with van der Waals surface area (Å²) in [7, 11) is 0. The fourth-order valence-electron chi connectivity index (χ4n) is 2.64. The van der Waals surface area contributed by atoms with Gasteiger partial charge in [0.05, 0.1) is 23.8 Å². The zero-order valence-corrected chi connectivity index (χ0v) is 13.3. The van der Waals surface area contributed by atoms with Crippen molar-refractivity contribution in [3.05, 3.63) is 53.1 Å². The Kier molecular flexibility index (Phi) is 4.84. The normalized spacial score (nSPS) is 17.2. The highest BCUT2D eigenvalue weighted by Crippen LogP contribution is 2.36. The van der Waals surface area contributed by atoms with Gasteiger partial charge in [-0.2, -0.15) is 0 Å². The largest absolute Gasteiger partial charge is 0.493 e. The molecule has 23 heavy (non-hydrogen) atoms. The van der Waals surface area contributed by atoms with Crippen molar-refractivity contribution in [2.24, 2.45) is 5.92 Å². The topological polar surface area (TPSA) is 55.8 Å². The molecule has 4 nitrogen and oxygen atoms in total. The van der Waals surface area contributed by atoms with E-state index in [0.717, 1.165) is 25.2 Å². The van der Waals surface area contributed by atoms with Crippen LogP contribution in [0.25, 0.3) is 11.1 Å². The van der Waals surface area contributed by atoms with Crippen molar-refractivity contribution in [2.75, 3.05) is 19.8 Å². The molecule has 2 aromatic carbocycles. The molecule has 5 heteroatoms. The van der Waals surface area contributed by atoms with E-state index in [1.807, 2.05) is 24.3 Å². The Labute approximate surface area is 139 Å². The molecule has 1 unspecified atom stereocenters. The maximum atomic E-state index is 11.3. The first-order valence-corrected chi connectivity index (χ1v) is 7.86. The van der Waals surface area contributed by atoms with Gasteiger partial charge in [0.25, 0.3) is 0 Å². The maximum Gasteiger partial charge on any atom is 0.337 e. The lowest BCUT2D eigenvalue weighted by Crippen LogP contribution is -2.12. The van der Waals surface area contributed by atoms with E-state index in [0.29, 0.717) is 23.8 Å². The van der Waals surface area contributed by atoms with E-state index in [-0.39, 0.29) is 10.6 Å². The lowest BCUT2D eigenvalue weighted by atomic mass is 10.0. The summed E-state index contributed by atoms with van der Waals surface area (Å²) in [5.41, 5.74) is 1.53. The number of carboxylic acid groups (broad SMARTS) is 1. The van der Waals surface area contributed by atoms with Crippen molar-refractivity contribution in [3.8, 4) is 16.9 Å². The Bertz CT molecular complexity index is 708. The van der Waals surface area contributed by atoms with Gasteiger partial charge < -0.3 is 14.6 Å². The molecule has 120 valence electrons. The van der Waals surface area contributed by atoms with Crippen molar-refractivity contribution in [2.45, 2.75) is 6.42 Å². The summed E-state index contributed by atoms with van der Waals surface area (Å²) in [4.78, 5) is 11.3. The van der Waals surface area contributed by atoms with Crippen molar-refractivity contribution in [1.82, 2.24) is 0 Å². The van der Waals surface area contributed by atoms with Gasteiger partial charge >= 0.3 is 5.97 Å². The molecule has 0 spiro atoms. The second kappa shape index (κ2) is 7.02. The van der Waals surface area contributed by atoms with E-state index in [9.17, 15) is 9.90 Å². The van der Waals surface area contributed by atoms with Crippen LogP contribution in [0.3, 0.4) is 0 Å². The highest BCUT2D eigenvalue weighted by molar-refractivity contribution is 6.36. The summed E-state index contributed by atoms with van der Waals surface area (Å²) >= 11 is 6.28. The maximum absolute atomic E-state index is 11.3. The average molecular weight is 333 g/mol. The number of rotatable bonds is 5. The van der Waals surface area contributed by atoms with Crippen LogP contribution in [0.2, 0.25) is 5.02 Å². The summed E-state index contributed by atoms with van der Waals surface area (Å²) < 4.78 is 11.3. The molecule has 3 rings (SSSR count). The summed E-state index contributed by atoms with van der Waals surface area (Å²) in [5, 5.41) is 9.45. The smallest absolute Gasteiger partial charge is 0.337 e. The number of hydrogen-bond donors (Lipinski definition) is 1. The summed E-state index contributed by atoms with van der Waals surface area (Å²) in [6.45, 7) is 2.08. The number of halogens is 1.